The predicted molar refractivity (Wildman–Crippen MR) is 88.5 cm³/mol. The van der Waals surface area contributed by atoms with Gasteiger partial charge in [-0.25, -0.2) is 10.4 Å². The van der Waals surface area contributed by atoms with Crippen molar-refractivity contribution in [2.45, 2.75) is 83.1 Å². The van der Waals surface area contributed by atoms with Crippen molar-refractivity contribution >= 4 is 11.8 Å². The van der Waals surface area contributed by atoms with Gasteiger partial charge in [0.05, 0.1) is 12.1 Å². The second kappa shape index (κ2) is 6.40. The Hall–Kier alpha value is -1.14. The van der Waals surface area contributed by atoms with Crippen LogP contribution in [0.3, 0.4) is 0 Å². The van der Waals surface area contributed by atoms with E-state index in [9.17, 15) is 9.59 Å². The minimum absolute atomic E-state index is 0.104. The SMILES string of the molecule is CC(=O)N1C2CCCCC2N(C(=O)C2CC(C)N(C)N2)C[C@@H]1C. The Morgan fingerprint density at radius 1 is 1.04 bits per heavy atom. The first kappa shape index (κ1) is 16.7. The molecular weight excluding hydrogens is 292 g/mol. The number of nitrogens with zero attached hydrogens (tertiary/aromatic N) is 3. The number of fused-ring (bicyclic) bond motifs is 1. The van der Waals surface area contributed by atoms with E-state index < -0.39 is 0 Å². The van der Waals surface area contributed by atoms with Crippen LogP contribution in [0.5, 0.6) is 0 Å². The summed E-state index contributed by atoms with van der Waals surface area (Å²) in [6.45, 7) is 6.54. The van der Waals surface area contributed by atoms with Crippen molar-refractivity contribution < 1.29 is 9.59 Å². The lowest BCUT2D eigenvalue weighted by molar-refractivity contribution is -0.154. The van der Waals surface area contributed by atoms with Crippen molar-refractivity contribution in [3.63, 3.8) is 0 Å². The van der Waals surface area contributed by atoms with E-state index in [1.54, 1.807) is 6.92 Å². The highest BCUT2D eigenvalue weighted by atomic mass is 16.2. The third-order valence-corrected chi connectivity index (χ3v) is 5.93. The fraction of sp³-hybridized carbons (Fsp3) is 0.882. The van der Waals surface area contributed by atoms with Gasteiger partial charge >= 0.3 is 0 Å². The van der Waals surface area contributed by atoms with Crippen LogP contribution in [0.2, 0.25) is 0 Å². The third kappa shape index (κ3) is 2.98. The number of carbonyl (C=O) groups is 2. The Kier molecular flexibility index (Phi) is 4.65. The molecule has 2 heterocycles. The zero-order valence-corrected chi connectivity index (χ0v) is 14.8. The molecule has 0 aromatic rings. The first-order valence-corrected chi connectivity index (χ1v) is 8.98. The lowest BCUT2D eigenvalue weighted by Gasteiger charge is -2.53. The summed E-state index contributed by atoms with van der Waals surface area (Å²) >= 11 is 0. The van der Waals surface area contributed by atoms with E-state index in [2.05, 4.69) is 24.2 Å². The monoisotopic (exact) mass is 322 g/mol. The first-order chi connectivity index (χ1) is 10.9. The maximum Gasteiger partial charge on any atom is 0.241 e. The summed E-state index contributed by atoms with van der Waals surface area (Å²) in [6.07, 6.45) is 5.20. The Bertz CT molecular complexity index is 473. The summed E-state index contributed by atoms with van der Waals surface area (Å²) in [5.41, 5.74) is 3.31. The van der Waals surface area contributed by atoms with Gasteiger partial charge in [0.1, 0.15) is 6.04 Å². The molecular formula is C17H30N4O2. The maximum absolute atomic E-state index is 13.1. The van der Waals surface area contributed by atoms with Crippen molar-refractivity contribution in [3.8, 4) is 0 Å². The number of rotatable bonds is 1. The van der Waals surface area contributed by atoms with Crippen LogP contribution >= 0.6 is 0 Å². The second-order valence-corrected chi connectivity index (χ2v) is 7.56. The van der Waals surface area contributed by atoms with Crippen LogP contribution in [0.25, 0.3) is 0 Å². The summed E-state index contributed by atoms with van der Waals surface area (Å²) in [5, 5.41) is 2.04. The smallest absolute Gasteiger partial charge is 0.241 e. The minimum atomic E-state index is -0.117. The average molecular weight is 322 g/mol. The molecule has 0 aromatic carbocycles. The van der Waals surface area contributed by atoms with E-state index in [1.165, 1.54) is 0 Å². The Morgan fingerprint density at radius 2 is 1.70 bits per heavy atom. The van der Waals surface area contributed by atoms with Gasteiger partial charge in [0.15, 0.2) is 0 Å². The Labute approximate surface area is 139 Å². The molecule has 6 nitrogen and oxygen atoms in total. The van der Waals surface area contributed by atoms with E-state index in [1.807, 2.05) is 17.0 Å². The topological polar surface area (TPSA) is 55.9 Å². The molecule has 3 aliphatic rings. The van der Waals surface area contributed by atoms with E-state index in [0.29, 0.717) is 12.6 Å². The van der Waals surface area contributed by atoms with E-state index in [-0.39, 0.29) is 36.0 Å². The van der Waals surface area contributed by atoms with Gasteiger partial charge in [0.2, 0.25) is 11.8 Å². The maximum atomic E-state index is 13.1. The van der Waals surface area contributed by atoms with Gasteiger partial charge in [-0.15, -0.1) is 0 Å². The Morgan fingerprint density at radius 3 is 2.26 bits per heavy atom. The lowest BCUT2D eigenvalue weighted by atomic mass is 9.84. The van der Waals surface area contributed by atoms with Gasteiger partial charge < -0.3 is 9.80 Å². The van der Waals surface area contributed by atoms with Crippen molar-refractivity contribution in [1.82, 2.24) is 20.2 Å². The number of hydrogen-bond acceptors (Lipinski definition) is 4. The third-order valence-electron chi connectivity index (χ3n) is 5.93. The van der Waals surface area contributed by atoms with Crippen LogP contribution in [0.15, 0.2) is 0 Å². The second-order valence-electron chi connectivity index (χ2n) is 7.56. The fourth-order valence-electron chi connectivity index (χ4n) is 4.69. The number of nitrogens with one attached hydrogen (secondary N) is 1. The van der Waals surface area contributed by atoms with Crippen LogP contribution < -0.4 is 5.43 Å². The molecule has 130 valence electrons. The molecule has 0 aromatic heterocycles. The summed E-state index contributed by atoms with van der Waals surface area (Å²) in [7, 11) is 2.00. The fourth-order valence-corrected chi connectivity index (χ4v) is 4.69. The molecule has 0 bridgehead atoms. The van der Waals surface area contributed by atoms with Crippen molar-refractivity contribution in [3.05, 3.63) is 0 Å². The van der Waals surface area contributed by atoms with Gasteiger partial charge in [-0.1, -0.05) is 12.8 Å². The summed E-state index contributed by atoms with van der Waals surface area (Å²) in [5.74, 6) is 0.363. The molecule has 6 heteroatoms. The Balaban J connectivity index is 1.79. The number of hydrazine groups is 1. The molecule has 2 aliphatic heterocycles. The number of hydrogen-bond donors (Lipinski definition) is 1. The highest BCUT2D eigenvalue weighted by Crippen LogP contribution is 2.33. The van der Waals surface area contributed by atoms with Gasteiger partial charge in [0.25, 0.3) is 0 Å². The molecule has 0 radical (unpaired) electrons. The van der Waals surface area contributed by atoms with Crippen LogP contribution in [0, 0.1) is 0 Å². The zero-order chi connectivity index (χ0) is 16.7. The molecule has 3 rings (SSSR count). The highest BCUT2D eigenvalue weighted by molar-refractivity contribution is 5.83. The largest absolute Gasteiger partial charge is 0.334 e. The van der Waals surface area contributed by atoms with E-state index in [0.717, 1.165) is 32.1 Å². The van der Waals surface area contributed by atoms with Crippen molar-refractivity contribution in [1.29, 1.82) is 0 Å². The van der Waals surface area contributed by atoms with E-state index in [4.69, 9.17) is 0 Å². The molecule has 1 saturated carbocycles. The molecule has 23 heavy (non-hydrogen) atoms. The molecule has 5 atom stereocenters. The number of amides is 2. The van der Waals surface area contributed by atoms with Crippen molar-refractivity contribution in [2.75, 3.05) is 13.6 Å². The van der Waals surface area contributed by atoms with Crippen LogP contribution in [-0.4, -0.2) is 70.4 Å². The predicted octanol–water partition coefficient (Wildman–Crippen LogP) is 0.974. The molecule has 1 N–H and O–H groups in total. The summed E-state index contributed by atoms with van der Waals surface area (Å²) < 4.78 is 0. The first-order valence-electron chi connectivity index (χ1n) is 8.98. The molecule has 3 fully saturated rings. The number of piperazine rings is 1. The van der Waals surface area contributed by atoms with Gasteiger partial charge in [-0.05, 0) is 33.1 Å². The molecule has 1 aliphatic carbocycles. The summed E-state index contributed by atoms with van der Waals surface area (Å²) in [4.78, 5) is 29.3. The minimum Gasteiger partial charge on any atom is -0.334 e. The van der Waals surface area contributed by atoms with Gasteiger partial charge in [-0.2, -0.15) is 0 Å². The summed E-state index contributed by atoms with van der Waals surface area (Å²) in [6, 6.07) is 0.757. The molecule has 2 saturated heterocycles. The lowest BCUT2D eigenvalue weighted by Crippen LogP contribution is -2.67. The van der Waals surface area contributed by atoms with Crippen molar-refractivity contribution in [2.24, 2.45) is 0 Å². The number of carbonyl (C=O) groups excluding carboxylic acids is 2. The standard InChI is InChI=1S/C17H30N4O2/c1-11-9-14(18-19(11)4)17(23)20-10-12(2)21(13(3)22)16-8-6-5-7-15(16)20/h11-12,14-16,18H,5-10H2,1-4H3/t11?,12-,14?,15?,16?/m0/s1. The average Bonchev–Trinajstić information content (AvgIpc) is 2.84. The van der Waals surface area contributed by atoms with Crippen LogP contribution in [-0.2, 0) is 9.59 Å². The zero-order valence-electron chi connectivity index (χ0n) is 14.8. The molecule has 2 amide bonds. The van der Waals surface area contributed by atoms with Gasteiger partial charge in [-0.3, -0.25) is 9.59 Å². The van der Waals surface area contributed by atoms with Crippen LogP contribution in [0.1, 0.15) is 52.9 Å². The molecule has 4 unspecified atom stereocenters. The molecule has 0 spiro atoms. The quantitative estimate of drug-likeness (QED) is 0.782. The normalized spacial score (nSPS) is 38.5. The van der Waals surface area contributed by atoms with E-state index >= 15 is 0 Å². The van der Waals surface area contributed by atoms with Crippen LogP contribution in [0.4, 0.5) is 0 Å². The highest BCUT2D eigenvalue weighted by Gasteiger charge is 2.46. The van der Waals surface area contributed by atoms with Gasteiger partial charge in [0, 0.05) is 32.6 Å².